The van der Waals surface area contributed by atoms with Crippen LogP contribution in [-0.2, 0) is 0 Å². The van der Waals surface area contributed by atoms with Gasteiger partial charge in [-0.1, -0.05) is 60.7 Å². The summed E-state index contributed by atoms with van der Waals surface area (Å²) < 4.78 is 7.00. The van der Waals surface area contributed by atoms with Crippen LogP contribution in [0.3, 0.4) is 0 Å². The lowest BCUT2D eigenvalue weighted by molar-refractivity contribution is 0.0572. The molecule has 2 aromatic carbocycles. The molecule has 0 aliphatic carbocycles. The Bertz CT molecular complexity index is 1100. The predicted molar refractivity (Wildman–Crippen MR) is 117 cm³/mol. The molecule has 0 bridgehead atoms. The molecule has 1 aliphatic rings. The van der Waals surface area contributed by atoms with E-state index in [0.717, 1.165) is 11.1 Å². The highest BCUT2D eigenvalue weighted by Gasteiger charge is 2.41. The van der Waals surface area contributed by atoms with Gasteiger partial charge in [0.1, 0.15) is 0 Å². The van der Waals surface area contributed by atoms with Crippen molar-refractivity contribution >= 4 is 5.91 Å². The first-order chi connectivity index (χ1) is 14.9. The van der Waals surface area contributed by atoms with Gasteiger partial charge in [0.2, 0.25) is 5.75 Å². The van der Waals surface area contributed by atoms with Crippen molar-refractivity contribution in [1.29, 1.82) is 0 Å². The number of hydrogen-bond donors (Lipinski definition) is 1. The van der Waals surface area contributed by atoms with E-state index in [-0.39, 0.29) is 29.7 Å². The van der Waals surface area contributed by atoms with Crippen LogP contribution in [-0.4, -0.2) is 45.2 Å². The summed E-state index contributed by atoms with van der Waals surface area (Å²) in [5, 5.41) is 10.6. The van der Waals surface area contributed by atoms with E-state index in [2.05, 4.69) is 4.98 Å². The van der Waals surface area contributed by atoms with E-state index in [1.807, 2.05) is 74.5 Å². The normalized spacial score (nSPS) is 16.0. The highest BCUT2D eigenvalue weighted by Crippen LogP contribution is 2.42. The summed E-state index contributed by atoms with van der Waals surface area (Å²) in [5.74, 6) is -1.24. The Morgan fingerprint density at radius 2 is 1.55 bits per heavy atom. The van der Waals surface area contributed by atoms with Crippen LogP contribution in [0.1, 0.15) is 47.4 Å². The van der Waals surface area contributed by atoms with Crippen molar-refractivity contribution < 1.29 is 14.6 Å². The SMILES string of the molecule is COc1nc(=O)c(O)c2n1[C@@H](C(c1ccccc1)c1ccccc1)CN(C(C)C)C2=O. The van der Waals surface area contributed by atoms with Crippen molar-refractivity contribution in [2.75, 3.05) is 13.7 Å². The summed E-state index contributed by atoms with van der Waals surface area (Å²) in [5.41, 5.74) is 1.13. The van der Waals surface area contributed by atoms with E-state index >= 15 is 0 Å². The lowest BCUT2D eigenvalue weighted by atomic mass is 9.83. The molecule has 3 aromatic rings. The van der Waals surface area contributed by atoms with Crippen molar-refractivity contribution in [1.82, 2.24) is 14.5 Å². The molecule has 7 heteroatoms. The van der Waals surface area contributed by atoms with Crippen LogP contribution < -0.4 is 10.3 Å². The number of amides is 1. The van der Waals surface area contributed by atoms with Crippen molar-refractivity contribution in [3.63, 3.8) is 0 Å². The molecule has 0 saturated carbocycles. The molecule has 1 aliphatic heterocycles. The van der Waals surface area contributed by atoms with Crippen molar-refractivity contribution in [3.05, 3.63) is 87.8 Å². The summed E-state index contributed by atoms with van der Waals surface area (Å²) in [4.78, 5) is 31.1. The number of carbonyl (C=O) groups is 1. The molecule has 0 spiro atoms. The van der Waals surface area contributed by atoms with Gasteiger partial charge in [0.25, 0.3) is 5.91 Å². The van der Waals surface area contributed by atoms with Crippen LogP contribution in [0.25, 0.3) is 0 Å². The monoisotopic (exact) mass is 419 g/mol. The Balaban J connectivity index is 2.02. The fraction of sp³-hybridized carbons (Fsp3) is 0.292. The zero-order valence-electron chi connectivity index (χ0n) is 17.7. The topological polar surface area (TPSA) is 84.7 Å². The molecule has 160 valence electrons. The third kappa shape index (κ3) is 3.56. The summed E-state index contributed by atoms with van der Waals surface area (Å²) >= 11 is 0. The van der Waals surface area contributed by atoms with Gasteiger partial charge in [-0.25, -0.2) is 0 Å². The molecule has 1 atom stereocenters. The van der Waals surface area contributed by atoms with E-state index < -0.39 is 17.2 Å². The average Bonchev–Trinajstić information content (AvgIpc) is 2.78. The van der Waals surface area contributed by atoms with Gasteiger partial charge in [-0.2, -0.15) is 4.98 Å². The number of aromatic nitrogens is 2. The number of aromatic hydroxyl groups is 1. The second kappa shape index (κ2) is 8.26. The first-order valence-corrected chi connectivity index (χ1v) is 10.2. The van der Waals surface area contributed by atoms with Crippen LogP contribution in [0.5, 0.6) is 11.8 Å². The predicted octanol–water partition coefficient (Wildman–Crippen LogP) is 3.19. The summed E-state index contributed by atoms with van der Waals surface area (Å²) in [6.07, 6.45) is 0. The summed E-state index contributed by atoms with van der Waals surface area (Å²) in [7, 11) is 1.41. The second-order valence-electron chi connectivity index (χ2n) is 7.89. The molecule has 0 saturated heterocycles. The van der Waals surface area contributed by atoms with Gasteiger partial charge in [-0.05, 0) is 25.0 Å². The van der Waals surface area contributed by atoms with E-state index in [4.69, 9.17) is 4.74 Å². The van der Waals surface area contributed by atoms with Gasteiger partial charge in [0.15, 0.2) is 5.69 Å². The van der Waals surface area contributed by atoms with Gasteiger partial charge in [-0.15, -0.1) is 0 Å². The molecule has 2 heterocycles. The Labute approximate surface area is 180 Å². The lowest BCUT2D eigenvalue weighted by Gasteiger charge is -2.42. The zero-order chi connectivity index (χ0) is 22.1. The standard InChI is InChI=1S/C24H25N3O4/c1-15(2)26-14-18(27-20(23(26)30)21(28)22(29)25-24(27)31-3)19(16-10-6-4-7-11-16)17-12-8-5-9-13-17/h4-13,15,18-19,28H,14H2,1-3H3/t18-/m1/s1. The van der Waals surface area contributed by atoms with E-state index in [9.17, 15) is 14.7 Å². The Morgan fingerprint density at radius 1 is 1.00 bits per heavy atom. The number of ether oxygens (including phenoxy) is 1. The molecule has 31 heavy (non-hydrogen) atoms. The molecular formula is C24H25N3O4. The van der Waals surface area contributed by atoms with E-state index in [1.54, 1.807) is 9.47 Å². The van der Waals surface area contributed by atoms with E-state index in [0.29, 0.717) is 6.54 Å². The first kappa shape index (κ1) is 20.7. The van der Waals surface area contributed by atoms with Crippen LogP contribution >= 0.6 is 0 Å². The van der Waals surface area contributed by atoms with Gasteiger partial charge in [0.05, 0.1) is 13.2 Å². The number of hydrogen-bond acceptors (Lipinski definition) is 5. The third-order valence-electron chi connectivity index (χ3n) is 5.76. The largest absolute Gasteiger partial charge is 0.501 e. The highest BCUT2D eigenvalue weighted by atomic mass is 16.5. The molecule has 0 unspecified atom stereocenters. The van der Waals surface area contributed by atoms with Gasteiger partial charge >= 0.3 is 11.6 Å². The quantitative estimate of drug-likeness (QED) is 0.687. The number of fused-ring (bicyclic) bond motifs is 1. The molecule has 0 radical (unpaired) electrons. The highest BCUT2D eigenvalue weighted by molar-refractivity contribution is 5.96. The van der Waals surface area contributed by atoms with Gasteiger partial charge in [0, 0.05) is 18.5 Å². The average molecular weight is 419 g/mol. The second-order valence-corrected chi connectivity index (χ2v) is 7.89. The summed E-state index contributed by atoms with van der Waals surface area (Å²) in [6.45, 7) is 4.20. The van der Waals surface area contributed by atoms with Crippen molar-refractivity contribution in [2.45, 2.75) is 31.8 Å². The molecule has 0 fully saturated rings. The minimum absolute atomic E-state index is 0.0106. The maximum absolute atomic E-state index is 13.3. The lowest BCUT2D eigenvalue weighted by Crippen LogP contribution is -2.49. The third-order valence-corrected chi connectivity index (χ3v) is 5.76. The number of carbonyl (C=O) groups excluding carboxylic acids is 1. The number of benzene rings is 2. The Kier molecular flexibility index (Phi) is 5.50. The van der Waals surface area contributed by atoms with Crippen molar-refractivity contribution in [2.24, 2.45) is 0 Å². The smallest absolute Gasteiger partial charge is 0.318 e. The molecule has 1 N–H and O–H groups in total. The maximum atomic E-state index is 13.3. The zero-order valence-corrected chi connectivity index (χ0v) is 17.7. The van der Waals surface area contributed by atoms with Gasteiger partial charge < -0.3 is 14.7 Å². The van der Waals surface area contributed by atoms with Crippen LogP contribution in [0.2, 0.25) is 0 Å². The van der Waals surface area contributed by atoms with Gasteiger partial charge in [-0.3, -0.25) is 14.2 Å². The number of nitrogens with zero attached hydrogens (tertiary/aromatic N) is 3. The fourth-order valence-corrected chi connectivity index (χ4v) is 4.32. The van der Waals surface area contributed by atoms with Crippen LogP contribution in [0, 0.1) is 0 Å². The van der Waals surface area contributed by atoms with Crippen LogP contribution in [0.15, 0.2) is 65.5 Å². The minimum Gasteiger partial charge on any atom is -0.501 e. The molecule has 7 nitrogen and oxygen atoms in total. The molecule has 1 amide bonds. The first-order valence-electron chi connectivity index (χ1n) is 10.2. The van der Waals surface area contributed by atoms with E-state index in [1.165, 1.54) is 7.11 Å². The summed E-state index contributed by atoms with van der Waals surface area (Å²) in [6, 6.07) is 19.5. The Hall–Kier alpha value is -3.61. The Morgan fingerprint density at radius 3 is 2.03 bits per heavy atom. The molecule has 4 rings (SSSR count). The minimum atomic E-state index is -0.878. The fourth-order valence-electron chi connectivity index (χ4n) is 4.32. The maximum Gasteiger partial charge on any atom is 0.318 e. The van der Waals surface area contributed by atoms with Crippen molar-refractivity contribution in [3.8, 4) is 11.8 Å². The molecule has 1 aromatic heterocycles. The van der Waals surface area contributed by atoms with Crippen LogP contribution in [0.4, 0.5) is 0 Å². The number of methoxy groups -OCH3 is 1. The molecular weight excluding hydrogens is 394 g/mol. The number of rotatable bonds is 5.